The Labute approximate surface area is 96.8 Å². The van der Waals surface area contributed by atoms with Gasteiger partial charge in [0.05, 0.1) is 12.1 Å². The van der Waals surface area contributed by atoms with Crippen LogP contribution in [-0.4, -0.2) is 33.1 Å². The Kier molecular flexibility index (Phi) is 4.84. The van der Waals surface area contributed by atoms with E-state index in [0.717, 1.165) is 11.5 Å². The Bertz CT molecular complexity index is 353. The van der Waals surface area contributed by atoms with Crippen molar-refractivity contribution in [2.45, 2.75) is 19.8 Å². The van der Waals surface area contributed by atoms with Crippen molar-refractivity contribution >= 4 is 23.4 Å². The number of nitrogens with one attached hydrogen (secondary N) is 1. The van der Waals surface area contributed by atoms with E-state index >= 15 is 0 Å². The van der Waals surface area contributed by atoms with E-state index in [1.54, 1.807) is 6.92 Å². The number of amides is 1. The van der Waals surface area contributed by atoms with Gasteiger partial charge in [-0.15, -0.1) is 5.10 Å². The molecule has 0 radical (unpaired) electrons. The van der Waals surface area contributed by atoms with Gasteiger partial charge in [-0.2, -0.15) is 0 Å². The molecule has 1 atom stereocenters. The minimum Gasteiger partial charge on any atom is -0.481 e. The summed E-state index contributed by atoms with van der Waals surface area (Å²) in [7, 11) is 0. The van der Waals surface area contributed by atoms with Crippen molar-refractivity contribution in [3.05, 3.63) is 11.1 Å². The molecule has 0 bridgehead atoms. The smallest absolute Gasteiger partial charge is 0.306 e. The van der Waals surface area contributed by atoms with Crippen LogP contribution < -0.4 is 5.32 Å². The number of carbonyl (C=O) groups is 2. The van der Waals surface area contributed by atoms with Crippen LogP contribution in [0.3, 0.4) is 0 Å². The molecule has 88 valence electrons. The van der Waals surface area contributed by atoms with Crippen LogP contribution in [0.15, 0.2) is 6.20 Å². The standard InChI is InChI=1S/C9H13N3O3S/c1-6(9(14)15)3-2-4-10-8(13)7-5-11-12-16-7/h5-6H,2-4H2,1H3,(H,10,13)(H,14,15). The maximum absolute atomic E-state index is 11.4. The van der Waals surface area contributed by atoms with Gasteiger partial charge in [0.2, 0.25) is 0 Å². The van der Waals surface area contributed by atoms with Crippen LogP contribution in [0.2, 0.25) is 0 Å². The van der Waals surface area contributed by atoms with Crippen LogP contribution in [0.1, 0.15) is 29.4 Å². The molecule has 0 fully saturated rings. The average molecular weight is 243 g/mol. The summed E-state index contributed by atoms with van der Waals surface area (Å²) in [5, 5.41) is 14.9. The average Bonchev–Trinajstić information content (AvgIpc) is 2.76. The van der Waals surface area contributed by atoms with Gasteiger partial charge in [-0.05, 0) is 24.4 Å². The van der Waals surface area contributed by atoms with Gasteiger partial charge in [-0.25, -0.2) is 0 Å². The van der Waals surface area contributed by atoms with Gasteiger partial charge in [0.1, 0.15) is 4.88 Å². The molecule has 6 nitrogen and oxygen atoms in total. The molecule has 16 heavy (non-hydrogen) atoms. The molecule has 1 aromatic rings. The lowest BCUT2D eigenvalue weighted by molar-refractivity contribution is -0.141. The fourth-order valence-corrected chi connectivity index (χ4v) is 1.52. The highest BCUT2D eigenvalue weighted by molar-refractivity contribution is 7.07. The topological polar surface area (TPSA) is 92.2 Å². The molecule has 0 saturated heterocycles. The van der Waals surface area contributed by atoms with E-state index in [9.17, 15) is 9.59 Å². The van der Waals surface area contributed by atoms with Gasteiger partial charge in [-0.1, -0.05) is 11.4 Å². The number of hydrogen-bond acceptors (Lipinski definition) is 5. The summed E-state index contributed by atoms with van der Waals surface area (Å²) in [6.45, 7) is 2.12. The van der Waals surface area contributed by atoms with Gasteiger partial charge in [0.15, 0.2) is 0 Å². The monoisotopic (exact) mass is 243 g/mol. The highest BCUT2D eigenvalue weighted by Crippen LogP contribution is 2.05. The molecule has 1 unspecified atom stereocenters. The summed E-state index contributed by atoms with van der Waals surface area (Å²) >= 11 is 1.03. The first-order valence-electron chi connectivity index (χ1n) is 4.89. The summed E-state index contributed by atoms with van der Waals surface area (Å²) in [6.07, 6.45) is 2.60. The molecular weight excluding hydrogens is 230 g/mol. The van der Waals surface area contributed by atoms with E-state index in [4.69, 9.17) is 5.11 Å². The van der Waals surface area contributed by atoms with E-state index in [-0.39, 0.29) is 11.8 Å². The van der Waals surface area contributed by atoms with E-state index < -0.39 is 5.97 Å². The molecular formula is C9H13N3O3S. The van der Waals surface area contributed by atoms with Crippen molar-refractivity contribution < 1.29 is 14.7 Å². The van der Waals surface area contributed by atoms with Crippen molar-refractivity contribution in [3.8, 4) is 0 Å². The first-order chi connectivity index (χ1) is 7.61. The van der Waals surface area contributed by atoms with Crippen molar-refractivity contribution in [1.82, 2.24) is 14.9 Å². The third-order valence-electron chi connectivity index (χ3n) is 2.11. The second kappa shape index (κ2) is 6.16. The van der Waals surface area contributed by atoms with Crippen molar-refractivity contribution in [1.29, 1.82) is 0 Å². The molecule has 1 rings (SSSR count). The van der Waals surface area contributed by atoms with Crippen LogP contribution in [0.4, 0.5) is 0 Å². The lowest BCUT2D eigenvalue weighted by atomic mass is 10.1. The summed E-state index contributed by atoms with van der Waals surface area (Å²) < 4.78 is 3.58. The zero-order valence-electron chi connectivity index (χ0n) is 8.84. The number of carboxylic acid groups (broad SMARTS) is 1. The molecule has 7 heteroatoms. The third kappa shape index (κ3) is 3.93. The lowest BCUT2D eigenvalue weighted by Crippen LogP contribution is -2.24. The summed E-state index contributed by atoms with van der Waals surface area (Å²) in [5.41, 5.74) is 0. The maximum Gasteiger partial charge on any atom is 0.306 e. The second-order valence-electron chi connectivity index (χ2n) is 3.42. The molecule has 0 aliphatic rings. The summed E-state index contributed by atoms with van der Waals surface area (Å²) in [4.78, 5) is 22.4. The van der Waals surface area contributed by atoms with Crippen molar-refractivity contribution in [2.75, 3.05) is 6.54 Å². The number of aliphatic carboxylic acids is 1. The highest BCUT2D eigenvalue weighted by atomic mass is 32.1. The molecule has 0 aliphatic carbocycles. The third-order valence-corrected chi connectivity index (χ3v) is 2.77. The lowest BCUT2D eigenvalue weighted by Gasteiger charge is -2.06. The molecule has 1 heterocycles. The SMILES string of the molecule is CC(CCCNC(=O)c1cnns1)C(=O)O. The minimum absolute atomic E-state index is 0.210. The van der Waals surface area contributed by atoms with Crippen LogP contribution in [0, 0.1) is 5.92 Å². The van der Waals surface area contributed by atoms with Crippen LogP contribution >= 0.6 is 11.5 Å². The van der Waals surface area contributed by atoms with E-state index in [1.807, 2.05) is 0 Å². The van der Waals surface area contributed by atoms with Gasteiger partial charge in [0, 0.05) is 6.54 Å². The fourth-order valence-electron chi connectivity index (χ4n) is 1.09. The van der Waals surface area contributed by atoms with Crippen LogP contribution in [-0.2, 0) is 4.79 Å². The van der Waals surface area contributed by atoms with E-state index in [2.05, 4.69) is 14.9 Å². The number of hydrogen-bond donors (Lipinski definition) is 2. The predicted octanol–water partition coefficient (Wildman–Crippen LogP) is 0.769. The molecule has 2 N–H and O–H groups in total. The summed E-state index contributed by atoms with van der Waals surface area (Å²) in [5.74, 6) is -1.39. The number of rotatable bonds is 6. The minimum atomic E-state index is -0.807. The first kappa shape index (κ1) is 12.6. The van der Waals surface area contributed by atoms with E-state index in [1.165, 1.54) is 6.20 Å². The molecule has 0 aliphatic heterocycles. The molecule has 1 aromatic heterocycles. The Balaban J connectivity index is 2.17. The number of carboxylic acids is 1. The van der Waals surface area contributed by atoms with Gasteiger partial charge in [-0.3, -0.25) is 9.59 Å². The van der Waals surface area contributed by atoms with Gasteiger partial charge < -0.3 is 10.4 Å². The predicted molar refractivity (Wildman–Crippen MR) is 58.3 cm³/mol. The molecule has 0 aromatic carbocycles. The van der Waals surface area contributed by atoms with Gasteiger partial charge >= 0.3 is 5.97 Å². The van der Waals surface area contributed by atoms with Gasteiger partial charge in [0.25, 0.3) is 5.91 Å². The molecule has 1 amide bonds. The first-order valence-corrected chi connectivity index (χ1v) is 5.67. The largest absolute Gasteiger partial charge is 0.481 e. The summed E-state index contributed by atoms with van der Waals surface area (Å²) in [6, 6.07) is 0. The Morgan fingerprint density at radius 3 is 2.94 bits per heavy atom. The van der Waals surface area contributed by atoms with E-state index in [0.29, 0.717) is 24.3 Å². The number of carbonyl (C=O) groups excluding carboxylic acids is 1. The molecule has 0 spiro atoms. The second-order valence-corrected chi connectivity index (χ2v) is 4.20. The van der Waals surface area contributed by atoms with Crippen LogP contribution in [0.25, 0.3) is 0 Å². The molecule has 0 saturated carbocycles. The number of nitrogens with zero attached hydrogens (tertiary/aromatic N) is 2. The zero-order valence-corrected chi connectivity index (χ0v) is 9.66. The van der Waals surface area contributed by atoms with Crippen LogP contribution in [0.5, 0.6) is 0 Å². The zero-order chi connectivity index (χ0) is 12.0. The highest BCUT2D eigenvalue weighted by Gasteiger charge is 2.11. The Morgan fingerprint density at radius 2 is 2.38 bits per heavy atom. The Morgan fingerprint density at radius 1 is 1.62 bits per heavy atom. The normalized spacial score (nSPS) is 12.1. The Hall–Kier alpha value is -1.50. The fraction of sp³-hybridized carbons (Fsp3) is 0.556. The number of aromatic nitrogens is 2. The maximum atomic E-state index is 11.4. The van der Waals surface area contributed by atoms with Crippen molar-refractivity contribution in [3.63, 3.8) is 0 Å². The quantitative estimate of drug-likeness (QED) is 0.720. The van der Waals surface area contributed by atoms with Crippen molar-refractivity contribution in [2.24, 2.45) is 5.92 Å².